The number of nitrogens with two attached hydrogens (primary N) is 1. The molecule has 9 nitrogen and oxygen atoms in total. The van der Waals surface area contributed by atoms with Crippen LogP contribution in [0.15, 0.2) is 60.8 Å². The van der Waals surface area contributed by atoms with E-state index in [4.69, 9.17) is 10.5 Å². The van der Waals surface area contributed by atoms with E-state index in [9.17, 15) is 14.4 Å². The fraction of sp³-hybridized carbons (Fsp3) is 0.185. The Morgan fingerprint density at radius 2 is 1.97 bits per heavy atom. The molecule has 2 heterocycles. The van der Waals surface area contributed by atoms with Gasteiger partial charge in [-0.25, -0.2) is 0 Å². The zero-order chi connectivity index (χ0) is 25.4. The Bertz CT molecular complexity index is 1490. The summed E-state index contributed by atoms with van der Waals surface area (Å²) in [4.78, 5) is 38.8. The number of hydrogen-bond donors (Lipinski definition) is 3. The first-order valence-corrected chi connectivity index (χ1v) is 11.4. The zero-order valence-electron chi connectivity index (χ0n) is 19.9. The van der Waals surface area contributed by atoms with Crippen LogP contribution in [0.4, 0.5) is 0 Å². The van der Waals surface area contributed by atoms with Gasteiger partial charge in [0.1, 0.15) is 11.3 Å². The molecule has 3 amide bonds. The third kappa shape index (κ3) is 3.89. The van der Waals surface area contributed by atoms with Crippen molar-refractivity contribution in [2.24, 2.45) is 5.73 Å². The van der Waals surface area contributed by atoms with E-state index < -0.39 is 11.4 Å². The Kier molecular flexibility index (Phi) is 5.77. The van der Waals surface area contributed by atoms with Crippen LogP contribution in [0.5, 0.6) is 5.75 Å². The quantitative estimate of drug-likeness (QED) is 0.347. The minimum atomic E-state index is -1.65. The highest BCUT2D eigenvalue weighted by Gasteiger charge is 2.41. The van der Waals surface area contributed by atoms with Gasteiger partial charge in [0.25, 0.3) is 11.8 Å². The van der Waals surface area contributed by atoms with E-state index in [1.165, 1.54) is 12.0 Å². The van der Waals surface area contributed by atoms with Gasteiger partial charge in [-0.1, -0.05) is 30.3 Å². The van der Waals surface area contributed by atoms with Crippen LogP contribution in [0, 0.1) is 6.92 Å². The molecule has 9 heteroatoms. The summed E-state index contributed by atoms with van der Waals surface area (Å²) in [6, 6.07) is 16.6. The van der Waals surface area contributed by atoms with E-state index in [-0.39, 0.29) is 12.5 Å². The molecule has 0 aliphatic carbocycles. The predicted molar refractivity (Wildman–Crippen MR) is 134 cm³/mol. The molecule has 0 saturated heterocycles. The smallest absolute Gasteiger partial charge is 0.254 e. The molecule has 1 aliphatic rings. The summed E-state index contributed by atoms with van der Waals surface area (Å²) in [7, 11) is 1.53. The number of aryl methyl sites for hydroxylation is 1. The van der Waals surface area contributed by atoms with Crippen LogP contribution in [0.3, 0.4) is 0 Å². The number of nitrogens with one attached hydrogen (secondary N) is 2. The molecule has 1 atom stereocenters. The minimum Gasteiger partial charge on any atom is -0.497 e. The fourth-order valence-corrected chi connectivity index (χ4v) is 4.73. The van der Waals surface area contributed by atoms with Gasteiger partial charge in [0.2, 0.25) is 6.41 Å². The Hall–Kier alpha value is -4.50. The molecule has 0 bridgehead atoms. The molecule has 36 heavy (non-hydrogen) atoms. The molecule has 0 radical (unpaired) electrons. The van der Waals surface area contributed by atoms with Gasteiger partial charge in [-0.05, 0) is 59.0 Å². The summed E-state index contributed by atoms with van der Waals surface area (Å²) in [5, 5.41) is 10.3. The van der Waals surface area contributed by atoms with Crippen molar-refractivity contribution < 1.29 is 19.1 Å². The maximum Gasteiger partial charge on any atom is 0.254 e. The average molecular weight is 484 g/mol. The zero-order valence-corrected chi connectivity index (χ0v) is 19.9. The largest absolute Gasteiger partial charge is 0.497 e. The molecule has 5 rings (SSSR count). The lowest BCUT2D eigenvalue weighted by Gasteiger charge is -2.32. The maximum atomic E-state index is 13.1. The number of H-pyrrole nitrogens is 1. The van der Waals surface area contributed by atoms with Gasteiger partial charge >= 0.3 is 0 Å². The second kappa shape index (κ2) is 8.94. The highest BCUT2D eigenvalue weighted by molar-refractivity contribution is 6.00. The topological polar surface area (TPSA) is 130 Å². The first kappa shape index (κ1) is 23.3. The normalized spacial score (nSPS) is 14.4. The van der Waals surface area contributed by atoms with E-state index in [2.05, 4.69) is 21.6 Å². The number of aromatic nitrogens is 2. The van der Waals surface area contributed by atoms with Crippen LogP contribution in [0.1, 0.15) is 27.0 Å². The number of ether oxygens (including phenoxy) is 1. The van der Waals surface area contributed by atoms with Crippen molar-refractivity contribution >= 4 is 29.1 Å². The molecule has 3 aromatic carbocycles. The van der Waals surface area contributed by atoms with Gasteiger partial charge in [0, 0.05) is 17.5 Å². The lowest BCUT2D eigenvalue weighted by atomic mass is 9.87. The second-order valence-corrected chi connectivity index (χ2v) is 8.95. The van der Waals surface area contributed by atoms with Gasteiger partial charge in [-0.2, -0.15) is 5.10 Å². The first-order valence-electron chi connectivity index (χ1n) is 11.4. The number of rotatable bonds is 7. The molecule has 1 aromatic heterocycles. The molecule has 4 aromatic rings. The Morgan fingerprint density at radius 3 is 2.69 bits per heavy atom. The summed E-state index contributed by atoms with van der Waals surface area (Å²) in [6.45, 7) is 2.20. The molecular formula is C27H25N5O4. The molecule has 0 spiro atoms. The third-order valence-corrected chi connectivity index (χ3v) is 6.71. The summed E-state index contributed by atoms with van der Waals surface area (Å²) >= 11 is 0. The number of benzene rings is 3. The van der Waals surface area contributed by atoms with Crippen molar-refractivity contribution in [3.8, 4) is 16.9 Å². The summed E-state index contributed by atoms with van der Waals surface area (Å²) in [5.41, 5.74) is 10.8. The first-order chi connectivity index (χ1) is 17.3. The highest BCUT2D eigenvalue weighted by Crippen LogP contribution is 2.32. The van der Waals surface area contributed by atoms with Crippen LogP contribution in [-0.4, -0.2) is 47.0 Å². The van der Waals surface area contributed by atoms with E-state index >= 15 is 0 Å². The van der Waals surface area contributed by atoms with E-state index in [1.807, 2.05) is 31.2 Å². The molecule has 182 valence electrons. The van der Waals surface area contributed by atoms with E-state index in [0.717, 1.165) is 33.2 Å². The number of nitrogens with zero attached hydrogens (tertiary/aromatic N) is 2. The maximum absolute atomic E-state index is 13.1. The van der Waals surface area contributed by atoms with Crippen LogP contribution < -0.4 is 15.8 Å². The van der Waals surface area contributed by atoms with Crippen molar-refractivity contribution in [1.29, 1.82) is 0 Å². The molecule has 0 unspecified atom stereocenters. The molecule has 4 N–H and O–H groups in total. The summed E-state index contributed by atoms with van der Waals surface area (Å²) < 4.78 is 5.23. The van der Waals surface area contributed by atoms with Crippen LogP contribution in [-0.2, 0) is 21.7 Å². The number of amides is 3. The molecule has 0 fully saturated rings. The van der Waals surface area contributed by atoms with Crippen molar-refractivity contribution in [3.63, 3.8) is 0 Å². The second-order valence-electron chi connectivity index (χ2n) is 8.95. The van der Waals surface area contributed by atoms with Gasteiger partial charge in [-0.3, -0.25) is 24.8 Å². The van der Waals surface area contributed by atoms with Crippen LogP contribution in [0.25, 0.3) is 22.0 Å². The number of carbonyl (C=O) groups excluding carboxylic acids is 3. The van der Waals surface area contributed by atoms with Gasteiger partial charge < -0.3 is 15.4 Å². The summed E-state index contributed by atoms with van der Waals surface area (Å²) in [6.07, 6.45) is 2.07. The number of hydrogen-bond acceptors (Lipinski definition) is 6. The molecule has 1 aliphatic heterocycles. The fourth-order valence-electron chi connectivity index (χ4n) is 4.73. The van der Waals surface area contributed by atoms with E-state index in [1.54, 1.807) is 30.5 Å². The monoisotopic (exact) mass is 483 g/mol. The van der Waals surface area contributed by atoms with Gasteiger partial charge in [0.05, 0.1) is 25.4 Å². The van der Waals surface area contributed by atoms with Crippen molar-refractivity contribution in [2.45, 2.75) is 19.0 Å². The SMILES string of the molecule is COc1ccc2c(c1)C(=O)N(C[C@@](N)(C(=O)NC=O)c1ccc(-c3cc(C)c4[nH]ncc4c3)cc1)C2. The van der Waals surface area contributed by atoms with Crippen molar-refractivity contribution in [2.75, 3.05) is 13.7 Å². The van der Waals surface area contributed by atoms with Crippen LogP contribution >= 0.6 is 0 Å². The van der Waals surface area contributed by atoms with Crippen LogP contribution in [0.2, 0.25) is 0 Å². The predicted octanol–water partition coefficient (Wildman–Crippen LogP) is 2.63. The minimum absolute atomic E-state index is 0.109. The standard InChI is InChI=1S/C27H25N5O4/c1-16-9-19(10-20-12-30-31-24(16)20)17-3-6-21(7-4-17)27(28,26(35)29-15-33)14-32-13-18-5-8-22(36-2)11-23(18)25(32)34/h3-12,15H,13-14,28H2,1-2H3,(H,30,31)(H,29,33,35)/t27-/m0/s1. The Morgan fingerprint density at radius 1 is 1.19 bits per heavy atom. The molecule has 0 saturated carbocycles. The van der Waals surface area contributed by atoms with Gasteiger partial charge in [0.15, 0.2) is 0 Å². The lowest BCUT2D eigenvalue weighted by Crippen LogP contribution is -2.57. The van der Waals surface area contributed by atoms with Crippen molar-refractivity contribution in [1.82, 2.24) is 20.4 Å². The number of aromatic amines is 1. The lowest BCUT2D eigenvalue weighted by molar-refractivity contribution is -0.130. The Labute approximate surface area is 207 Å². The molecular weight excluding hydrogens is 458 g/mol. The number of carbonyl (C=O) groups is 3. The third-order valence-electron chi connectivity index (χ3n) is 6.71. The number of fused-ring (bicyclic) bond motifs is 2. The average Bonchev–Trinajstić information content (AvgIpc) is 3.49. The van der Waals surface area contributed by atoms with Gasteiger partial charge in [-0.15, -0.1) is 0 Å². The van der Waals surface area contributed by atoms with Crippen molar-refractivity contribution in [3.05, 3.63) is 83.0 Å². The number of methoxy groups -OCH3 is 1. The van der Waals surface area contributed by atoms with E-state index in [0.29, 0.717) is 29.8 Å². The number of imide groups is 1. The highest BCUT2D eigenvalue weighted by atomic mass is 16.5. The summed E-state index contributed by atoms with van der Waals surface area (Å²) in [5.74, 6) is -0.374. The Balaban J connectivity index is 1.46.